The second-order valence-corrected chi connectivity index (χ2v) is 5.92. The Morgan fingerprint density at radius 2 is 2.11 bits per heavy atom. The SMILES string of the molecule is CN1CCC(Cc2ncc3n2CC(O)CC3)CC1. The Hall–Kier alpha value is -0.870. The first kappa shape index (κ1) is 12.2. The van der Waals surface area contributed by atoms with Crippen LogP contribution < -0.4 is 0 Å². The molecular weight excluding hydrogens is 226 g/mol. The molecule has 1 saturated heterocycles. The third-order valence-corrected chi connectivity index (χ3v) is 4.46. The largest absolute Gasteiger partial charge is 0.391 e. The average Bonchev–Trinajstić information content (AvgIpc) is 2.75. The second kappa shape index (κ2) is 5.02. The van der Waals surface area contributed by atoms with E-state index in [1.54, 1.807) is 0 Å². The Bertz CT molecular complexity index is 407. The van der Waals surface area contributed by atoms with Crippen molar-refractivity contribution in [3.8, 4) is 0 Å². The van der Waals surface area contributed by atoms with Gasteiger partial charge in [0.05, 0.1) is 12.6 Å². The summed E-state index contributed by atoms with van der Waals surface area (Å²) in [6.07, 6.45) is 7.34. The molecule has 0 aliphatic carbocycles. The van der Waals surface area contributed by atoms with Crippen LogP contribution in [0.3, 0.4) is 0 Å². The van der Waals surface area contributed by atoms with Crippen LogP contribution in [0.25, 0.3) is 0 Å². The fourth-order valence-electron chi connectivity index (χ4n) is 3.18. The molecular formula is C14H23N3O. The van der Waals surface area contributed by atoms with Crippen molar-refractivity contribution in [1.82, 2.24) is 14.5 Å². The molecule has 0 aromatic carbocycles. The van der Waals surface area contributed by atoms with Crippen LogP contribution in [0.2, 0.25) is 0 Å². The fraction of sp³-hybridized carbons (Fsp3) is 0.786. The number of hydrogen-bond donors (Lipinski definition) is 1. The molecule has 1 unspecified atom stereocenters. The predicted octanol–water partition coefficient (Wildman–Crippen LogP) is 1.07. The molecule has 1 aromatic rings. The van der Waals surface area contributed by atoms with Crippen molar-refractivity contribution in [3.63, 3.8) is 0 Å². The lowest BCUT2D eigenvalue weighted by molar-refractivity contribution is 0.129. The van der Waals surface area contributed by atoms with Gasteiger partial charge in [-0.1, -0.05) is 0 Å². The zero-order valence-electron chi connectivity index (χ0n) is 11.2. The predicted molar refractivity (Wildman–Crippen MR) is 70.5 cm³/mol. The van der Waals surface area contributed by atoms with Crippen LogP contribution in [-0.2, 0) is 19.4 Å². The van der Waals surface area contributed by atoms with Gasteiger partial charge in [0.15, 0.2) is 0 Å². The summed E-state index contributed by atoms with van der Waals surface area (Å²) in [6.45, 7) is 3.17. The van der Waals surface area contributed by atoms with E-state index in [9.17, 15) is 5.11 Å². The van der Waals surface area contributed by atoms with Gasteiger partial charge < -0.3 is 14.6 Å². The molecule has 0 spiro atoms. The molecule has 1 fully saturated rings. The molecule has 1 atom stereocenters. The van der Waals surface area contributed by atoms with E-state index in [4.69, 9.17) is 0 Å². The van der Waals surface area contributed by atoms with Gasteiger partial charge >= 0.3 is 0 Å². The van der Waals surface area contributed by atoms with Crippen molar-refractivity contribution in [1.29, 1.82) is 0 Å². The monoisotopic (exact) mass is 249 g/mol. The smallest absolute Gasteiger partial charge is 0.109 e. The number of nitrogens with zero attached hydrogens (tertiary/aromatic N) is 3. The van der Waals surface area contributed by atoms with E-state index < -0.39 is 0 Å². The van der Waals surface area contributed by atoms with Crippen LogP contribution in [0.15, 0.2) is 6.20 Å². The number of rotatable bonds is 2. The minimum Gasteiger partial charge on any atom is -0.391 e. The molecule has 1 N–H and O–H groups in total. The minimum absolute atomic E-state index is 0.178. The molecule has 1 aromatic heterocycles. The number of fused-ring (bicyclic) bond motifs is 1. The number of hydrogen-bond acceptors (Lipinski definition) is 3. The Kier molecular flexibility index (Phi) is 3.39. The number of aromatic nitrogens is 2. The van der Waals surface area contributed by atoms with Gasteiger partial charge in [0.25, 0.3) is 0 Å². The molecule has 4 nitrogen and oxygen atoms in total. The third kappa shape index (κ3) is 2.45. The van der Waals surface area contributed by atoms with Crippen molar-refractivity contribution < 1.29 is 5.11 Å². The maximum Gasteiger partial charge on any atom is 0.109 e. The van der Waals surface area contributed by atoms with E-state index in [-0.39, 0.29) is 6.10 Å². The van der Waals surface area contributed by atoms with Gasteiger partial charge in [-0.25, -0.2) is 4.98 Å². The summed E-state index contributed by atoms with van der Waals surface area (Å²) < 4.78 is 2.26. The van der Waals surface area contributed by atoms with Gasteiger partial charge in [-0.05, 0) is 51.7 Å². The van der Waals surface area contributed by atoms with Gasteiger partial charge in [0.2, 0.25) is 0 Å². The van der Waals surface area contributed by atoms with E-state index in [2.05, 4.69) is 21.5 Å². The number of imidazole rings is 1. The van der Waals surface area contributed by atoms with Gasteiger partial charge in [-0.15, -0.1) is 0 Å². The maximum absolute atomic E-state index is 9.78. The van der Waals surface area contributed by atoms with Crippen LogP contribution in [0.5, 0.6) is 0 Å². The van der Waals surface area contributed by atoms with Crippen molar-refractivity contribution >= 4 is 0 Å². The Morgan fingerprint density at radius 1 is 1.33 bits per heavy atom. The normalized spacial score (nSPS) is 26.2. The summed E-state index contributed by atoms with van der Waals surface area (Å²) in [7, 11) is 2.20. The highest BCUT2D eigenvalue weighted by molar-refractivity contribution is 5.09. The lowest BCUT2D eigenvalue weighted by Crippen LogP contribution is -2.32. The summed E-state index contributed by atoms with van der Waals surface area (Å²) in [5, 5.41) is 9.78. The molecule has 0 bridgehead atoms. The standard InChI is InChI=1S/C14H23N3O/c1-16-6-4-11(5-7-16)8-14-15-9-12-2-3-13(18)10-17(12)14/h9,11,13,18H,2-8,10H2,1H3. The molecule has 3 heterocycles. The average molecular weight is 249 g/mol. The first-order chi connectivity index (χ1) is 8.72. The zero-order valence-corrected chi connectivity index (χ0v) is 11.2. The van der Waals surface area contributed by atoms with Crippen molar-refractivity contribution in [2.75, 3.05) is 20.1 Å². The van der Waals surface area contributed by atoms with Crippen molar-refractivity contribution in [2.45, 2.75) is 44.8 Å². The van der Waals surface area contributed by atoms with Crippen LogP contribution in [0.1, 0.15) is 30.8 Å². The summed E-state index contributed by atoms with van der Waals surface area (Å²) in [5.74, 6) is 1.96. The highest BCUT2D eigenvalue weighted by atomic mass is 16.3. The number of aliphatic hydroxyl groups is 1. The number of likely N-dealkylation sites (tertiary alicyclic amines) is 1. The quantitative estimate of drug-likeness (QED) is 0.852. The molecule has 2 aliphatic rings. The maximum atomic E-state index is 9.78. The second-order valence-electron chi connectivity index (χ2n) is 5.92. The Labute approximate surface area is 109 Å². The van der Waals surface area contributed by atoms with Crippen LogP contribution in [0, 0.1) is 5.92 Å². The highest BCUT2D eigenvalue weighted by Crippen LogP contribution is 2.23. The molecule has 3 rings (SSSR count). The first-order valence-electron chi connectivity index (χ1n) is 7.12. The topological polar surface area (TPSA) is 41.3 Å². The third-order valence-electron chi connectivity index (χ3n) is 4.46. The Morgan fingerprint density at radius 3 is 2.89 bits per heavy atom. The van der Waals surface area contributed by atoms with E-state index in [0.717, 1.165) is 31.7 Å². The highest BCUT2D eigenvalue weighted by Gasteiger charge is 2.23. The van der Waals surface area contributed by atoms with Gasteiger partial charge in [-0.3, -0.25) is 0 Å². The van der Waals surface area contributed by atoms with E-state index in [1.807, 2.05) is 6.20 Å². The minimum atomic E-state index is -0.178. The van der Waals surface area contributed by atoms with E-state index in [0.29, 0.717) is 0 Å². The molecule has 0 radical (unpaired) electrons. The molecule has 4 heteroatoms. The summed E-state index contributed by atoms with van der Waals surface area (Å²) in [6, 6.07) is 0. The summed E-state index contributed by atoms with van der Waals surface area (Å²) >= 11 is 0. The summed E-state index contributed by atoms with van der Waals surface area (Å²) in [5.41, 5.74) is 1.31. The fourth-order valence-corrected chi connectivity index (χ4v) is 3.18. The molecule has 2 aliphatic heterocycles. The number of aryl methyl sites for hydroxylation is 1. The Balaban J connectivity index is 1.68. The molecule has 0 saturated carbocycles. The van der Waals surface area contributed by atoms with Gasteiger partial charge in [-0.2, -0.15) is 0 Å². The van der Waals surface area contributed by atoms with Crippen molar-refractivity contribution in [3.05, 3.63) is 17.7 Å². The number of piperidine rings is 1. The molecule has 18 heavy (non-hydrogen) atoms. The lowest BCUT2D eigenvalue weighted by atomic mass is 9.93. The molecule has 100 valence electrons. The van der Waals surface area contributed by atoms with E-state index >= 15 is 0 Å². The number of aliphatic hydroxyl groups excluding tert-OH is 1. The van der Waals surface area contributed by atoms with Crippen LogP contribution in [-0.4, -0.2) is 45.8 Å². The summed E-state index contributed by atoms with van der Waals surface area (Å²) in [4.78, 5) is 6.99. The van der Waals surface area contributed by atoms with Crippen molar-refractivity contribution in [2.24, 2.45) is 5.92 Å². The van der Waals surface area contributed by atoms with Crippen LogP contribution >= 0.6 is 0 Å². The van der Waals surface area contributed by atoms with E-state index in [1.165, 1.54) is 37.4 Å². The zero-order chi connectivity index (χ0) is 12.5. The lowest BCUT2D eigenvalue weighted by Gasteiger charge is -2.29. The molecule has 0 amide bonds. The first-order valence-corrected chi connectivity index (χ1v) is 7.12. The van der Waals surface area contributed by atoms with Gasteiger partial charge in [0.1, 0.15) is 5.82 Å². The van der Waals surface area contributed by atoms with Crippen LogP contribution in [0.4, 0.5) is 0 Å². The van der Waals surface area contributed by atoms with Gasteiger partial charge in [0, 0.05) is 18.3 Å².